The molecule has 0 N–H and O–H groups in total. The quantitative estimate of drug-likeness (QED) is 0.769. The monoisotopic (exact) mass is 253 g/mol. The first-order valence-corrected chi connectivity index (χ1v) is 6.08. The molecule has 92 valence electrons. The van der Waals surface area contributed by atoms with Gasteiger partial charge in [-0.05, 0) is 6.92 Å². The summed E-state index contributed by atoms with van der Waals surface area (Å²) < 4.78 is 4.95. The summed E-state index contributed by atoms with van der Waals surface area (Å²) in [4.78, 5) is 18.4. The minimum absolute atomic E-state index is 0.0806. The number of carbonyl (C=O) groups is 1. The first kappa shape index (κ1) is 13.6. The van der Waals surface area contributed by atoms with E-state index in [1.807, 2.05) is 13.0 Å². The number of hydrogen-bond donors (Lipinski definition) is 0. The number of amides is 1. The van der Waals surface area contributed by atoms with Crippen LogP contribution in [-0.4, -0.2) is 42.6 Å². The van der Waals surface area contributed by atoms with Crippen LogP contribution in [0.2, 0.25) is 0 Å². The van der Waals surface area contributed by atoms with Gasteiger partial charge in [-0.3, -0.25) is 4.79 Å². The van der Waals surface area contributed by atoms with Crippen LogP contribution in [0.4, 0.5) is 0 Å². The van der Waals surface area contributed by atoms with E-state index < -0.39 is 0 Å². The summed E-state index contributed by atoms with van der Waals surface area (Å²) in [5.74, 6) is -0.0806. The number of methoxy groups -OCH3 is 1. The highest BCUT2D eigenvalue weighted by atomic mass is 32.1. The zero-order valence-corrected chi connectivity index (χ0v) is 10.8. The molecule has 1 rings (SSSR count). The molecule has 17 heavy (non-hydrogen) atoms. The second-order valence-corrected chi connectivity index (χ2v) is 4.67. The smallest absolute Gasteiger partial charge is 0.265 e. The number of hydrogen-bond acceptors (Lipinski definition) is 5. The molecule has 1 heterocycles. The molecule has 0 aliphatic carbocycles. The van der Waals surface area contributed by atoms with Gasteiger partial charge in [0.05, 0.1) is 30.3 Å². The maximum Gasteiger partial charge on any atom is 0.265 e. The molecular formula is C11H15N3O2S. The fourth-order valence-corrected chi connectivity index (χ4v) is 2.06. The molecule has 6 heteroatoms. The van der Waals surface area contributed by atoms with Crippen LogP contribution in [0.25, 0.3) is 0 Å². The lowest BCUT2D eigenvalue weighted by atomic mass is 10.3. The molecule has 0 radical (unpaired) electrons. The second-order valence-electron chi connectivity index (χ2n) is 3.44. The van der Waals surface area contributed by atoms with Crippen molar-refractivity contribution < 1.29 is 9.53 Å². The van der Waals surface area contributed by atoms with Crippen molar-refractivity contribution in [3.63, 3.8) is 0 Å². The minimum Gasteiger partial charge on any atom is -0.383 e. The number of nitrogens with zero attached hydrogens (tertiary/aromatic N) is 3. The Hall–Kier alpha value is -1.45. The topological polar surface area (TPSA) is 66.2 Å². The number of nitriles is 1. The molecule has 1 aromatic rings. The van der Waals surface area contributed by atoms with Gasteiger partial charge in [-0.1, -0.05) is 0 Å². The lowest BCUT2D eigenvalue weighted by Gasteiger charge is -2.20. The maximum atomic E-state index is 12.1. The zero-order valence-electron chi connectivity index (χ0n) is 9.97. The summed E-state index contributed by atoms with van der Waals surface area (Å²) in [6, 6.07) is 2.04. The van der Waals surface area contributed by atoms with Crippen molar-refractivity contribution in [2.24, 2.45) is 0 Å². The number of aryl methyl sites for hydroxylation is 1. The average molecular weight is 253 g/mol. The molecular weight excluding hydrogens is 238 g/mol. The van der Waals surface area contributed by atoms with Crippen LogP contribution >= 0.6 is 11.3 Å². The summed E-state index contributed by atoms with van der Waals surface area (Å²) in [6.07, 6.45) is 1.90. The van der Waals surface area contributed by atoms with Gasteiger partial charge in [0.1, 0.15) is 4.88 Å². The van der Waals surface area contributed by atoms with Crippen molar-refractivity contribution in [3.8, 4) is 6.07 Å². The summed E-state index contributed by atoms with van der Waals surface area (Å²) in [5, 5.41) is 9.43. The number of rotatable bonds is 6. The molecule has 0 fully saturated rings. The Morgan fingerprint density at radius 3 is 2.94 bits per heavy atom. The lowest BCUT2D eigenvalue weighted by Crippen LogP contribution is -2.34. The number of aromatic nitrogens is 1. The number of ether oxygens (including phenoxy) is 1. The van der Waals surface area contributed by atoms with E-state index in [9.17, 15) is 4.79 Å². The van der Waals surface area contributed by atoms with Crippen LogP contribution < -0.4 is 0 Å². The number of thiazole rings is 1. The lowest BCUT2D eigenvalue weighted by molar-refractivity contribution is 0.0704. The highest BCUT2D eigenvalue weighted by Crippen LogP contribution is 2.14. The van der Waals surface area contributed by atoms with E-state index in [2.05, 4.69) is 4.98 Å². The summed E-state index contributed by atoms with van der Waals surface area (Å²) in [6.45, 7) is 3.24. The molecule has 0 aliphatic rings. The van der Waals surface area contributed by atoms with E-state index >= 15 is 0 Å². The van der Waals surface area contributed by atoms with Gasteiger partial charge in [0, 0.05) is 20.2 Å². The van der Waals surface area contributed by atoms with Crippen LogP contribution in [0.1, 0.15) is 21.1 Å². The molecule has 0 saturated heterocycles. The molecule has 0 bridgehead atoms. The van der Waals surface area contributed by atoms with E-state index in [1.165, 1.54) is 11.3 Å². The van der Waals surface area contributed by atoms with Crippen LogP contribution in [0.3, 0.4) is 0 Å². The Kier molecular flexibility index (Phi) is 5.60. The molecule has 0 spiro atoms. The van der Waals surface area contributed by atoms with Crippen LogP contribution in [0.5, 0.6) is 0 Å². The maximum absolute atomic E-state index is 12.1. The normalized spacial score (nSPS) is 9.94. The van der Waals surface area contributed by atoms with Crippen LogP contribution in [0.15, 0.2) is 6.20 Å². The van der Waals surface area contributed by atoms with E-state index in [4.69, 9.17) is 10.00 Å². The first-order chi connectivity index (χ1) is 8.19. The van der Waals surface area contributed by atoms with Gasteiger partial charge in [0.2, 0.25) is 0 Å². The summed E-state index contributed by atoms with van der Waals surface area (Å²) in [5.41, 5.74) is 0. The van der Waals surface area contributed by atoms with E-state index in [0.29, 0.717) is 31.0 Å². The Morgan fingerprint density at radius 1 is 1.65 bits per heavy atom. The first-order valence-electron chi connectivity index (χ1n) is 5.26. The zero-order chi connectivity index (χ0) is 12.7. The molecule has 0 aromatic carbocycles. The molecule has 1 amide bonds. The Bertz CT molecular complexity index is 411. The van der Waals surface area contributed by atoms with Crippen molar-refractivity contribution in [3.05, 3.63) is 16.1 Å². The highest BCUT2D eigenvalue weighted by molar-refractivity contribution is 7.13. The third-order valence-corrected chi connectivity index (χ3v) is 3.08. The predicted octanol–water partition coefficient (Wildman–Crippen LogP) is 1.45. The fourth-order valence-electron chi connectivity index (χ4n) is 1.32. The van der Waals surface area contributed by atoms with E-state index in [1.54, 1.807) is 18.2 Å². The van der Waals surface area contributed by atoms with Gasteiger partial charge in [0.25, 0.3) is 5.91 Å². The Labute approximate surface area is 105 Å². The summed E-state index contributed by atoms with van der Waals surface area (Å²) in [7, 11) is 1.59. The fraction of sp³-hybridized carbons (Fsp3) is 0.545. The third kappa shape index (κ3) is 4.13. The number of carbonyl (C=O) groups excluding carboxylic acids is 1. The van der Waals surface area contributed by atoms with Crippen LogP contribution in [0, 0.1) is 18.3 Å². The standard InChI is InChI=1S/C11H15N3O2S/c1-9-13-8-10(17-9)11(15)14(5-3-4-12)6-7-16-2/h8H,3,5-7H2,1-2H3. The van der Waals surface area contributed by atoms with E-state index in [0.717, 1.165) is 5.01 Å². The second kappa shape index (κ2) is 6.99. The molecule has 0 saturated carbocycles. The van der Waals surface area contributed by atoms with E-state index in [-0.39, 0.29) is 5.91 Å². The van der Waals surface area contributed by atoms with Crippen molar-refractivity contribution in [1.29, 1.82) is 5.26 Å². The predicted molar refractivity (Wildman–Crippen MR) is 64.9 cm³/mol. The van der Waals surface area contributed by atoms with Crippen molar-refractivity contribution in [2.75, 3.05) is 26.8 Å². The van der Waals surface area contributed by atoms with Gasteiger partial charge in [-0.2, -0.15) is 5.26 Å². The molecule has 5 nitrogen and oxygen atoms in total. The van der Waals surface area contributed by atoms with Gasteiger partial charge in [-0.25, -0.2) is 4.98 Å². The molecule has 0 atom stereocenters. The highest BCUT2D eigenvalue weighted by Gasteiger charge is 2.17. The van der Waals surface area contributed by atoms with Gasteiger partial charge in [0.15, 0.2) is 0 Å². The molecule has 0 unspecified atom stereocenters. The third-order valence-electron chi connectivity index (χ3n) is 2.18. The van der Waals surface area contributed by atoms with Crippen molar-refractivity contribution >= 4 is 17.2 Å². The largest absolute Gasteiger partial charge is 0.383 e. The van der Waals surface area contributed by atoms with Gasteiger partial charge >= 0.3 is 0 Å². The van der Waals surface area contributed by atoms with Gasteiger partial charge < -0.3 is 9.64 Å². The Morgan fingerprint density at radius 2 is 2.41 bits per heavy atom. The molecule has 1 aromatic heterocycles. The Balaban J connectivity index is 2.68. The van der Waals surface area contributed by atoms with Crippen molar-refractivity contribution in [1.82, 2.24) is 9.88 Å². The average Bonchev–Trinajstić information content (AvgIpc) is 2.75. The SMILES string of the molecule is COCCN(CCC#N)C(=O)c1cnc(C)s1. The van der Waals surface area contributed by atoms with Crippen molar-refractivity contribution in [2.45, 2.75) is 13.3 Å². The van der Waals surface area contributed by atoms with Crippen LogP contribution in [-0.2, 0) is 4.74 Å². The summed E-state index contributed by atoms with van der Waals surface area (Å²) >= 11 is 1.37. The molecule has 0 aliphatic heterocycles. The van der Waals surface area contributed by atoms with Gasteiger partial charge in [-0.15, -0.1) is 11.3 Å². The minimum atomic E-state index is -0.0806.